The number of benzene rings is 2. The van der Waals surface area contributed by atoms with E-state index in [0.29, 0.717) is 23.5 Å². The van der Waals surface area contributed by atoms with Crippen LogP contribution in [0.15, 0.2) is 48.5 Å². The Balaban J connectivity index is 1.76. The lowest BCUT2D eigenvalue weighted by molar-refractivity contribution is -0.128. The lowest BCUT2D eigenvalue weighted by atomic mass is 10.1. The van der Waals surface area contributed by atoms with Gasteiger partial charge in [0.1, 0.15) is 11.8 Å². The standard InChI is InChI=1S/C23H27N3O4/c1-4-13-24-23(29)21-14-26(19-7-5-6-8-20(19)30-21)15(2)22(28)25-18-11-9-17(10-12-18)16(3)27/h5-12,15,21H,4,13-14H2,1-3H3,(H,24,29)(H,25,28)/t15-,21+/m0/s1. The first kappa shape index (κ1) is 21.4. The van der Waals surface area contributed by atoms with E-state index in [-0.39, 0.29) is 24.1 Å². The molecule has 0 aliphatic carbocycles. The number of fused-ring (bicyclic) bond motifs is 1. The summed E-state index contributed by atoms with van der Waals surface area (Å²) in [5.41, 5.74) is 1.96. The molecule has 2 amide bonds. The zero-order valence-corrected chi connectivity index (χ0v) is 17.5. The van der Waals surface area contributed by atoms with Crippen LogP contribution in [0.1, 0.15) is 37.6 Å². The first-order valence-electron chi connectivity index (χ1n) is 10.1. The molecular formula is C23H27N3O4. The van der Waals surface area contributed by atoms with Gasteiger partial charge in [-0.25, -0.2) is 0 Å². The lowest BCUT2D eigenvalue weighted by Gasteiger charge is -2.38. The van der Waals surface area contributed by atoms with Crippen molar-refractivity contribution in [3.05, 3.63) is 54.1 Å². The third-order valence-corrected chi connectivity index (χ3v) is 5.05. The molecule has 2 atom stereocenters. The zero-order chi connectivity index (χ0) is 21.7. The fourth-order valence-electron chi connectivity index (χ4n) is 3.30. The summed E-state index contributed by atoms with van der Waals surface area (Å²) in [4.78, 5) is 38.7. The van der Waals surface area contributed by atoms with Gasteiger partial charge in [0.05, 0.1) is 12.2 Å². The van der Waals surface area contributed by atoms with E-state index < -0.39 is 12.1 Å². The minimum Gasteiger partial charge on any atom is -0.477 e. The minimum absolute atomic E-state index is 0.0291. The van der Waals surface area contributed by atoms with Crippen LogP contribution in [0.5, 0.6) is 5.75 Å². The maximum atomic E-state index is 12.9. The average Bonchev–Trinajstić information content (AvgIpc) is 2.76. The van der Waals surface area contributed by atoms with E-state index in [1.54, 1.807) is 37.3 Å². The topological polar surface area (TPSA) is 87.7 Å². The molecule has 1 aliphatic heterocycles. The normalized spacial score (nSPS) is 16.1. The van der Waals surface area contributed by atoms with Crippen LogP contribution in [0.2, 0.25) is 0 Å². The highest BCUT2D eigenvalue weighted by Gasteiger charge is 2.34. The van der Waals surface area contributed by atoms with Crippen molar-refractivity contribution in [2.45, 2.75) is 39.3 Å². The second-order valence-electron chi connectivity index (χ2n) is 7.32. The van der Waals surface area contributed by atoms with Crippen LogP contribution < -0.4 is 20.3 Å². The van der Waals surface area contributed by atoms with Gasteiger partial charge in [-0.2, -0.15) is 0 Å². The first-order chi connectivity index (χ1) is 14.4. The van der Waals surface area contributed by atoms with Crippen LogP contribution >= 0.6 is 0 Å². The van der Waals surface area contributed by atoms with Gasteiger partial charge in [0.15, 0.2) is 11.9 Å². The number of rotatable bonds is 7. The van der Waals surface area contributed by atoms with Crippen molar-refractivity contribution in [1.29, 1.82) is 0 Å². The maximum Gasteiger partial charge on any atom is 0.262 e. The number of ether oxygens (including phenoxy) is 1. The van der Waals surface area contributed by atoms with Crippen molar-refractivity contribution >= 4 is 29.0 Å². The van der Waals surface area contributed by atoms with Gasteiger partial charge >= 0.3 is 0 Å². The van der Waals surface area contributed by atoms with Gasteiger partial charge in [-0.15, -0.1) is 0 Å². The molecule has 2 N–H and O–H groups in total. The highest BCUT2D eigenvalue weighted by atomic mass is 16.5. The van der Waals surface area contributed by atoms with Gasteiger partial charge in [-0.3, -0.25) is 14.4 Å². The summed E-state index contributed by atoms with van der Waals surface area (Å²) in [5, 5.41) is 5.74. The van der Waals surface area contributed by atoms with E-state index in [1.807, 2.05) is 30.0 Å². The number of carbonyl (C=O) groups is 3. The van der Waals surface area contributed by atoms with Gasteiger partial charge < -0.3 is 20.3 Å². The van der Waals surface area contributed by atoms with Crippen LogP contribution in [-0.4, -0.2) is 42.8 Å². The van der Waals surface area contributed by atoms with E-state index in [4.69, 9.17) is 4.74 Å². The SMILES string of the molecule is CCCNC(=O)[C@H]1CN([C@@H](C)C(=O)Nc2ccc(C(C)=O)cc2)c2ccccc2O1. The van der Waals surface area contributed by atoms with Crippen molar-refractivity contribution < 1.29 is 19.1 Å². The molecule has 7 heteroatoms. The molecule has 0 unspecified atom stereocenters. The monoisotopic (exact) mass is 409 g/mol. The molecule has 30 heavy (non-hydrogen) atoms. The Kier molecular flexibility index (Phi) is 6.72. The molecule has 3 rings (SSSR count). The molecule has 0 spiro atoms. The number of para-hydroxylation sites is 2. The number of hydrogen-bond acceptors (Lipinski definition) is 5. The Labute approximate surface area is 176 Å². The number of nitrogens with zero attached hydrogens (tertiary/aromatic N) is 1. The van der Waals surface area contributed by atoms with E-state index in [1.165, 1.54) is 6.92 Å². The fourth-order valence-corrected chi connectivity index (χ4v) is 3.30. The minimum atomic E-state index is -0.698. The summed E-state index contributed by atoms with van der Waals surface area (Å²) in [6.07, 6.45) is 0.136. The molecule has 0 fully saturated rings. The largest absolute Gasteiger partial charge is 0.477 e. The Morgan fingerprint density at radius 1 is 1.13 bits per heavy atom. The molecule has 0 saturated heterocycles. The molecule has 0 radical (unpaired) electrons. The summed E-state index contributed by atoms with van der Waals surface area (Å²) in [6.45, 7) is 6.12. The van der Waals surface area contributed by atoms with Gasteiger partial charge in [-0.1, -0.05) is 19.1 Å². The molecule has 0 saturated carbocycles. The van der Waals surface area contributed by atoms with Crippen LogP contribution in [0.4, 0.5) is 11.4 Å². The van der Waals surface area contributed by atoms with Crippen LogP contribution in [0.3, 0.4) is 0 Å². The summed E-state index contributed by atoms with van der Waals surface area (Å²) in [7, 11) is 0. The smallest absolute Gasteiger partial charge is 0.262 e. The van der Waals surface area contributed by atoms with E-state index >= 15 is 0 Å². The number of anilines is 2. The quantitative estimate of drug-likeness (QED) is 0.687. The zero-order valence-electron chi connectivity index (χ0n) is 17.5. The van der Waals surface area contributed by atoms with Crippen molar-refractivity contribution in [1.82, 2.24) is 5.32 Å². The number of nitrogens with one attached hydrogen (secondary N) is 2. The van der Waals surface area contributed by atoms with E-state index in [9.17, 15) is 14.4 Å². The summed E-state index contributed by atoms with van der Waals surface area (Å²) in [5.74, 6) is 0.142. The second kappa shape index (κ2) is 9.43. The molecule has 1 heterocycles. The number of Topliss-reactive ketones (excluding diaryl/α,β-unsaturated/α-hetero) is 1. The van der Waals surface area contributed by atoms with Gasteiger partial charge in [0.25, 0.3) is 5.91 Å². The number of hydrogen-bond donors (Lipinski definition) is 2. The van der Waals surface area contributed by atoms with Crippen molar-refractivity contribution in [2.24, 2.45) is 0 Å². The van der Waals surface area contributed by atoms with Crippen LogP contribution in [0, 0.1) is 0 Å². The lowest BCUT2D eigenvalue weighted by Crippen LogP contribution is -2.54. The Bertz CT molecular complexity index is 926. The Morgan fingerprint density at radius 2 is 1.83 bits per heavy atom. The molecule has 2 aromatic rings. The van der Waals surface area contributed by atoms with Gasteiger partial charge in [0, 0.05) is 17.8 Å². The number of carbonyl (C=O) groups excluding carboxylic acids is 3. The highest BCUT2D eigenvalue weighted by molar-refractivity contribution is 5.98. The average molecular weight is 409 g/mol. The second-order valence-corrected chi connectivity index (χ2v) is 7.32. The third-order valence-electron chi connectivity index (χ3n) is 5.05. The predicted octanol–water partition coefficient (Wildman–Crippen LogP) is 3.01. The summed E-state index contributed by atoms with van der Waals surface area (Å²) in [6, 6.07) is 13.6. The van der Waals surface area contributed by atoms with Crippen molar-refractivity contribution in [3.8, 4) is 5.75 Å². The van der Waals surface area contributed by atoms with Gasteiger partial charge in [0.2, 0.25) is 5.91 Å². The number of amides is 2. The fraction of sp³-hybridized carbons (Fsp3) is 0.348. The molecule has 0 aromatic heterocycles. The summed E-state index contributed by atoms with van der Waals surface area (Å²) >= 11 is 0. The molecule has 0 bridgehead atoms. The number of ketones is 1. The summed E-state index contributed by atoms with van der Waals surface area (Å²) < 4.78 is 5.89. The van der Waals surface area contributed by atoms with E-state index in [2.05, 4.69) is 10.6 Å². The molecule has 158 valence electrons. The Morgan fingerprint density at radius 3 is 2.50 bits per heavy atom. The first-order valence-corrected chi connectivity index (χ1v) is 10.1. The van der Waals surface area contributed by atoms with Crippen LogP contribution in [-0.2, 0) is 9.59 Å². The van der Waals surface area contributed by atoms with Gasteiger partial charge in [-0.05, 0) is 56.7 Å². The van der Waals surface area contributed by atoms with Crippen LogP contribution in [0.25, 0.3) is 0 Å². The predicted molar refractivity (Wildman–Crippen MR) is 116 cm³/mol. The van der Waals surface area contributed by atoms with Crippen molar-refractivity contribution in [2.75, 3.05) is 23.3 Å². The Hall–Kier alpha value is -3.35. The van der Waals surface area contributed by atoms with Crippen molar-refractivity contribution in [3.63, 3.8) is 0 Å². The molecule has 2 aromatic carbocycles. The maximum absolute atomic E-state index is 12.9. The molecular weight excluding hydrogens is 382 g/mol. The molecule has 7 nitrogen and oxygen atoms in total. The molecule has 1 aliphatic rings. The highest BCUT2D eigenvalue weighted by Crippen LogP contribution is 2.34. The van der Waals surface area contributed by atoms with E-state index in [0.717, 1.165) is 12.1 Å². The third kappa shape index (κ3) is 4.79.